The molecule has 0 unspecified atom stereocenters. The molecule has 88 valence electrons. The van der Waals surface area contributed by atoms with Crippen LogP contribution in [0.25, 0.3) is 11.1 Å². The van der Waals surface area contributed by atoms with Gasteiger partial charge in [0.1, 0.15) is 5.82 Å². The third-order valence-corrected chi connectivity index (χ3v) is 2.49. The van der Waals surface area contributed by atoms with Crippen LogP contribution in [0.15, 0.2) is 30.3 Å². The minimum atomic E-state index is -1.53. The number of rotatable bonds is 1. The summed E-state index contributed by atoms with van der Waals surface area (Å²) >= 11 is 0. The second kappa shape index (κ2) is 4.20. The molecule has 2 aromatic carbocycles. The van der Waals surface area contributed by atoms with E-state index in [0.29, 0.717) is 11.1 Å². The van der Waals surface area contributed by atoms with Gasteiger partial charge in [-0.05, 0) is 47.9 Å². The van der Waals surface area contributed by atoms with Crippen LogP contribution in [0.4, 0.5) is 17.6 Å². The highest BCUT2D eigenvalue weighted by Crippen LogP contribution is 2.27. The zero-order chi connectivity index (χ0) is 12.6. The molecule has 0 aromatic heterocycles. The standard InChI is InChI=1S/C13H8F4/c1-7-2-3-9(14)6-10(7)8-4-11(15)13(17)12(16)5-8/h2-6H,1H3. The van der Waals surface area contributed by atoms with Crippen molar-refractivity contribution in [2.75, 3.05) is 0 Å². The van der Waals surface area contributed by atoms with Gasteiger partial charge in [-0.2, -0.15) is 0 Å². The molecule has 0 fully saturated rings. The molecule has 2 aromatic rings. The summed E-state index contributed by atoms with van der Waals surface area (Å²) < 4.78 is 51.9. The average molecular weight is 240 g/mol. The van der Waals surface area contributed by atoms with E-state index in [-0.39, 0.29) is 5.56 Å². The molecule has 0 nitrogen and oxygen atoms in total. The minimum Gasteiger partial charge on any atom is -0.207 e. The van der Waals surface area contributed by atoms with Gasteiger partial charge in [0.25, 0.3) is 0 Å². The zero-order valence-electron chi connectivity index (χ0n) is 8.90. The Morgan fingerprint density at radius 1 is 0.824 bits per heavy atom. The van der Waals surface area contributed by atoms with E-state index in [2.05, 4.69) is 0 Å². The Labute approximate surface area is 95.5 Å². The molecule has 0 bridgehead atoms. The summed E-state index contributed by atoms with van der Waals surface area (Å²) in [6.07, 6.45) is 0. The van der Waals surface area contributed by atoms with Gasteiger partial charge in [0.15, 0.2) is 17.5 Å². The first kappa shape index (κ1) is 11.6. The maximum Gasteiger partial charge on any atom is 0.194 e. The molecule has 0 radical (unpaired) electrons. The molecular weight excluding hydrogens is 232 g/mol. The molecule has 0 atom stereocenters. The fourth-order valence-corrected chi connectivity index (χ4v) is 1.62. The van der Waals surface area contributed by atoms with Crippen LogP contribution in [0.1, 0.15) is 5.56 Å². The van der Waals surface area contributed by atoms with Gasteiger partial charge in [-0.3, -0.25) is 0 Å². The van der Waals surface area contributed by atoms with Crippen molar-refractivity contribution >= 4 is 0 Å². The first-order valence-corrected chi connectivity index (χ1v) is 4.90. The van der Waals surface area contributed by atoms with Crippen LogP contribution in [0.5, 0.6) is 0 Å². The molecule has 0 aliphatic carbocycles. The highest BCUT2D eigenvalue weighted by molar-refractivity contribution is 5.67. The summed E-state index contributed by atoms with van der Waals surface area (Å²) in [6.45, 7) is 1.67. The third kappa shape index (κ3) is 2.16. The summed E-state index contributed by atoms with van der Waals surface area (Å²) in [5.41, 5.74) is 1.10. The predicted molar refractivity (Wildman–Crippen MR) is 56.4 cm³/mol. The second-order valence-corrected chi connectivity index (χ2v) is 3.71. The third-order valence-electron chi connectivity index (χ3n) is 2.49. The lowest BCUT2D eigenvalue weighted by molar-refractivity contribution is 0.447. The molecule has 0 N–H and O–H groups in total. The van der Waals surface area contributed by atoms with Gasteiger partial charge in [0.2, 0.25) is 0 Å². The lowest BCUT2D eigenvalue weighted by Crippen LogP contribution is -1.93. The largest absolute Gasteiger partial charge is 0.207 e. The Hall–Kier alpha value is -1.84. The summed E-state index contributed by atoms with van der Waals surface area (Å²) in [6, 6.07) is 5.58. The maximum absolute atomic E-state index is 13.1. The lowest BCUT2D eigenvalue weighted by atomic mass is 10.00. The van der Waals surface area contributed by atoms with Crippen LogP contribution >= 0.6 is 0 Å². The smallest absolute Gasteiger partial charge is 0.194 e. The van der Waals surface area contributed by atoms with Gasteiger partial charge < -0.3 is 0 Å². The first-order valence-electron chi connectivity index (χ1n) is 4.90. The van der Waals surface area contributed by atoms with E-state index in [4.69, 9.17) is 0 Å². The molecule has 0 aliphatic rings. The van der Waals surface area contributed by atoms with Crippen molar-refractivity contribution in [3.05, 3.63) is 59.2 Å². The Morgan fingerprint density at radius 2 is 1.41 bits per heavy atom. The van der Waals surface area contributed by atoms with Gasteiger partial charge >= 0.3 is 0 Å². The van der Waals surface area contributed by atoms with E-state index >= 15 is 0 Å². The van der Waals surface area contributed by atoms with E-state index in [1.165, 1.54) is 12.1 Å². The van der Waals surface area contributed by atoms with Crippen LogP contribution in [0, 0.1) is 30.2 Å². The predicted octanol–water partition coefficient (Wildman–Crippen LogP) is 4.22. The van der Waals surface area contributed by atoms with Crippen LogP contribution in [0.3, 0.4) is 0 Å². The Morgan fingerprint density at radius 3 is 2.00 bits per heavy atom. The van der Waals surface area contributed by atoms with E-state index in [1.807, 2.05) is 0 Å². The van der Waals surface area contributed by atoms with Crippen molar-refractivity contribution < 1.29 is 17.6 Å². The van der Waals surface area contributed by atoms with E-state index in [1.54, 1.807) is 6.92 Å². The van der Waals surface area contributed by atoms with Gasteiger partial charge in [0, 0.05) is 0 Å². The number of aryl methyl sites for hydroxylation is 1. The number of hydrogen-bond acceptors (Lipinski definition) is 0. The molecular formula is C13H8F4. The number of halogens is 4. The summed E-state index contributed by atoms with van der Waals surface area (Å²) in [5, 5.41) is 0. The van der Waals surface area contributed by atoms with Crippen molar-refractivity contribution in [2.24, 2.45) is 0 Å². The van der Waals surface area contributed by atoms with Gasteiger partial charge in [0.05, 0.1) is 0 Å². The van der Waals surface area contributed by atoms with Crippen molar-refractivity contribution in [3.8, 4) is 11.1 Å². The number of benzene rings is 2. The zero-order valence-corrected chi connectivity index (χ0v) is 8.90. The first-order chi connectivity index (χ1) is 7.99. The van der Waals surface area contributed by atoms with Crippen molar-refractivity contribution in [3.63, 3.8) is 0 Å². The van der Waals surface area contributed by atoms with Crippen molar-refractivity contribution in [1.29, 1.82) is 0 Å². The highest BCUT2D eigenvalue weighted by Gasteiger charge is 2.13. The molecule has 17 heavy (non-hydrogen) atoms. The van der Waals surface area contributed by atoms with E-state index in [0.717, 1.165) is 18.2 Å². The molecule has 0 saturated carbocycles. The topological polar surface area (TPSA) is 0 Å². The Bertz CT molecular complexity index is 553. The average Bonchev–Trinajstić information content (AvgIpc) is 2.28. The summed E-state index contributed by atoms with van der Waals surface area (Å²) in [4.78, 5) is 0. The molecule has 0 spiro atoms. The molecule has 0 aliphatic heterocycles. The molecule has 4 heteroatoms. The van der Waals surface area contributed by atoms with Gasteiger partial charge in [-0.15, -0.1) is 0 Å². The Balaban J connectivity index is 2.64. The minimum absolute atomic E-state index is 0.110. The summed E-state index contributed by atoms with van der Waals surface area (Å²) in [5.74, 6) is -4.62. The fraction of sp³-hybridized carbons (Fsp3) is 0.0769. The van der Waals surface area contributed by atoms with Crippen LogP contribution < -0.4 is 0 Å². The maximum atomic E-state index is 13.1. The number of hydrogen-bond donors (Lipinski definition) is 0. The van der Waals surface area contributed by atoms with Crippen LogP contribution in [-0.2, 0) is 0 Å². The van der Waals surface area contributed by atoms with Crippen LogP contribution in [0.2, 0.25) is 0 Å². The van der Waals surface area contributed by atoms with Gasteiger partial charge in [-0.1, -0.05) is 6.07 Å². The normalized spacial score (nSPS) is 10.6. The van der Waals surface area contributed by atoms with E-state index in [9.17, 15) is 17.6 Å². The van der Waals surface area contributed by atoms with Crippen molar-refractivity contribution in [2.45, 2.75) is 6.92 Å². The SMILES string of the molecule is Cc1ccc(F)cc1-c1cc(F)c(F)c(F)c1. The molecule has 0 amide bonds. The van der Waals surface area contributed by atoms with Crippen LogP contribution in [-0.4, -0.2) is 0 Å². The Kier molecular flexibility index (Phi) is 2.88. The molecule has 0 heterocycles. The lowest BCUT2D eigenvalue weighted by Gasteiger charge is -2.07. The van der Waals surface area contributed by atoms with E-state index < -0.39 is 23.3 Å². The van der Waals surface area contributed by atoms with Crippen molar-refractivity contribution in [1.82, 2.24) is 0 Å². The highest BCUT2D eigenvalue weighted by atomic mass is 19.2. The second-order valence-electron chi connectivity index (χ2n) is 3.71. The van der Waals surface area contributed by atoms with Gasteiger partial charge in [-0.25, -0.2) is 17.6 Å². The fourth-order valence-electron chi connectivity index (χ4n) is 1.62. The monoisotopic (exact) mass is 240 g/mol. The summed E-state index contributed by atoms with van der Waals surface area (Å²) in [7, 11) is 0. The molecule has 2 rings (SSSR count). The molecule has 0 saturated heterocycles. The quantitative estimate of drug-likeness (QED) is 0.517.